The highest BCUT2D eigenvalue weighted by Gasteiger charge is 2.22. The van der Waals surface area contributed by atoms with Crippen LogP contribution in [-0.4, -0.2) is 35.5 Å². The first-order valence-corrected chi connectivity index (χ1v) is 12.8. The number of carbonyl (C=O) groups excluding carboxylic acids is 1. The maximum Gasteiger partial charge on any atom is 0.282 e. The van der Waals surface area contributed by atoms with Crippen LogP contribution < -0.4 is 20.3 Å². The average Bonchev–Trinajstić information content (AvgIpc) is 2.96. The topological polar surface area (TPSA) is 94.8 Å². The van der Waals surface area contributed by atoms with Gasteiger partial charge in [-0.25, -0.2) is 4.98 Å². The number of nitrogens with one attached hydrogen (secondary N) is 1. The van der Waals surface area contributed by atoms with Crippen molar-refractivity contribution >= 4 is 28.7 Å². The largest absolute Gasteiger partial charge is 0.493 e. The van der Waals surface area contributed by atoms with Crippen molar-refractivity contribution in [2.45, 2.75) is 38.0 Å². The summed E-state index contributed by atoms with van der Waals surface area (Å²) in [5.41, 5.74) is 1.73. The first-order valence-electron chi connectivity index (χ1n) is 12.8. The number of methoxy groups -OCH3 is 1. The summed E-state index contributed by atoms with van der Waals surface area (Å²) in [6.45, 7) is -0.221. The lowest BCUT2D eigenvalue weighted by molar-refractivity contribution is -0.118. The Labute approximate surface area is 220 Å². The lowest BCUT2D eigenvalue weighted by atomic mass is 9.88. The van der Waals surface area contributed by atoms with Gasteiger partial charge in [0.15, 0.2) is 18.1 Å². The Morgan fingerprint density at radius 1 is 1.03 bits per heavy atom. The number of hydrogen-bond donors (Lipinski definition) is 1. The molecule has 8 heteroatoms. The Morgan fingerprint density at radius 3 is 2.58 bits per heavy atom. The van der Waals surface area contributed by atoms with Crippen LogP contribution in [0, 0.1) is 0 Å². The predicted molar refractivity (Wildman–Crippen MR) is 148 cm³/mol. The van der Waals surface area contributed by atoms with Crippen LogP contribution in [0.3, 0.4) is 0 Å². The third-order valence-corrected chi connectivity index (χ3v) is 6.70. The summed E-state index contributed by atoms with van der Waals surface area (Å²) in [5.74, 6) is 1.36. The predicted octanol–water partition coefficient (Wildman–Crippen LogP) is 5.35. The molecule has 1 aliphatic carbocycles. The van der Waals surface area contributed by atoms with Gasteiger partial charge in [-0.1, -0.05) is 55.7 Å². The van der Waals surface area contributed by atoms with Crippen LogP contribution in [0.1, 0.15) is 49.4 Å². The molecule has 0 radical (unpaired) electrons. The fourth-order valence-electron chi connectivity index (χ4n) is 4.80. The van der Waals surface area contributed by atoms with Crippen molar-refractivity contribution in [2.75, 3.05) is 19.0 Å². The smallest absolute Gasteiger partial charge is 0.282 e. The number of fused-ring (bicyclic) bond motifs is 1. The summed E-state index contributed by atoms with van der Waals surface area (Å²) in [6, 6.07) is 21.9. The van der Waals surface area contributed by atoms with Crippen LogP contribution in [0.2, 0.25) is 0 Å². The van der Waals surface area contributed by atoms with E-state index in [1.165, 1.54) is 18.2 Å². The maximum atomic E-state index is 13.5. The first-order chi connectivity index (χ1) is 18.6. The van der Waals surface area contributed by atoms with Gasteiger partial charge in [0, 0.05) is 17.2 Å². The van der Waals surface area contributed by atoms with Crippen molar-refractivity contribution in [3.63, 3.8) is 0 Å². The van der Waals surface area contributed by atoms with E-state index in [9.17, 15) is 9.59 Å². The third kappa shape index (κ3) is 5.59. The zero-order chi connectivity index (χ0) is 26.3. The number of aromatic nitrogens is 2. The fraction of sp³-hybridized carbons (Fsp3) is 0.267. The molecule has 38 heavy (non-hydrogen) atoms. The minimum absolute atomic E-state index is 0.168. The summed E-state index contributed by atoms with van der Waals surface area (Å²) in [7, 11) is 1.53. The molecule has 0 saturated heterocycles. The second-order valence-electron chi connectivity index (χ2n) is 9.27. The van der Waals surface area contributed by atoms with Crippen molar-refractivity contribution in [2.24, 2.45) is 5.10 Å². The van der Waals surface area contributed by atoms with E-state index >= 15 is 0 Å². The Balaban J connectivity index is 1.47. The normalized spacial score (nSPS) is 14.0. The molecule has 8 nitrogen and oxygen atoms in total. The van der Waals surface area contributed by atoms with E-state index in [4.69, 9.17) is 14.5 Å². The molecule has 1 saturated carbocycles. The zero-order valence-corrected chi connectivity index (χ0v) is 21.3. The molecule has 1 aliphatic rings. The number of ether oxygens (including phenoxy) is 2. The van der Waals surface area contributed by atoms with Gasteiger partial charge in [0.1, 0.15) is 5.82 Å². The molecule has 5 rings (SSSR count). The van der Waals surface area contributed by atoms with E-state index < -0.39 is 0 Å². The van der Waals surface area contributed by atoms with Crippen LogP contribution in [-0.2, 0) is 4.79 Å². The first kappa shape index (κ1) is 25.2. The number of nitrogens with zero attached hydrogens (tertiary/aromatic N) is 3. The molecule has 1 aromatic heterocycles. The highest BCUT2D eigenvalue weighted by Crippen LogP contribution is 2.32. The highest BCUT2D eigenvalue weighted by molar-refractivity contribution is 5.92. The Bertz CT molecular complexity index is 1510. The van der Waals surface area contributed by atoms with E-state index in [-0.39, 0.29) is 24.0 Å². The molecule has 3 aromatic carbocycles. The van der Waals surface area contributed by atoms with Crippen molar-refractivity contribution in [1.29, 1.82) is 0 Å². The van der Waals surface area contributed by atoms with E-state index in [0.717, 1.165) is 25.7 Å². The van der Waals surface area contributed by atoms with Gasteiger partial charge in [-0.3, -0.25) is 9.59 Å². The van der Waals surface area contributed by atoms with Gasteiger partial charge in [-0.15, -0.1) is 0 Å². The third-order valence-electron chi connectivity index (χ3n) is 6.70. The number of carbonyl (C=O) groups is 1. The lowest BCUT2D eigenvalue weighted by Crippen LogP contribution is -2.25. The average molecular weight is 511 g/mol. The molecule has 1 heterocycles. The lowest BCUT2D eigenvalue weighted by Gasteiger charge is -2.22. The number of anilines is 1. The van der Waals surface area contributed by atoms with Gasteiger partial charge in [0.05, 0.1) is 24.2 Å². The Morgan fingerprint density at radius 2 is 1.79 bits per heavy atom. The quantitative estimate of drug-likeness (QED) is 0.322. The number of amides is 1. The minimum Gasteiger partial charge on any atom is -0.493 e. The number of benzene rings is 3. The van der Waals surface area contributed by atoms with Gasteiger partial charge in [0.2, 0.25) is 0 Å². The monoisotopic (exact) mass is 510 g/mol. The minimum atomic E-state index is -0.306. The Kier molecular flexibility index (Phi) is 7.78. The van der Waals surface area contributed by atoms with Crippen LogP contribution in [0.25, 0.3) is 10.9 Å². The van der Waals surface area contributed by atoms with Crippen molar-refractivity contribution < 1.29 is 14.3 Å². The molecule has 0 bridgehead atoms. The van der Waals surface area contributed by atoms with Crippen LogP contribution in [0.5, 0.6) is 11.5 Å². The molecule has 194 valence electrons. The number of rotatable bonds is 8. The van der Waals surface area contributed by atoms with Crippen molar-refractivity contribution in [3.8, 4) is 11.5 Å². The maximum absolute atomic E-state index is 13.5. The number of para-hydroxylation sites is 3. The van der Waals surface area contributed by atoms with Gasteiger partial charge in [0.25, 0.3) is 11.5 Å². The molecule has 4 aromatic rings. The van der Waals surface area contributed by atoms with Crippen molar-refractivity contribution in [1.82, 2.24) is 9.66 Å². The van der Waals surface area contributed by atoms with Crippen LogP contribution >= 0.6 is 0 Å². The van der Waals surface area contributed by atoms with Crippen LogP contribution in [0.15, 0.2) is 82.7 Å². The van der Waals surface area contributed by atoms with E-state index in [2.05, 4.69) is 10.4 Å². The van der Waals surface area contributed by atoms with Gasteiger partial charge in [-0.05, 0) is 49.2 Å². The molecule has 0 atom stereocenters. The summed E-state index contributed by atoms with van der Waals surface area (Å²) in [5, 5.41) is 7.93. The van der Waals surface area contributed by atoms with Gasteiger partial charge in [-0.2, -0.15) is 9.78 Å². The molecular formula is C30H30N4O4. The highest BCUT2D eigenvalue weighted by atomic mass is 16.5. The fourth-order valence-corrected chi connectivity index (χ4v) is 4.80. The summed E-state index contributed by atoms with van der Waals surface area (Å²) >= 11 is 0. The van der Waals surface area contributed by atoms with E-state index in [0.29, 0.717) is 39.5 Å². The zero-order valence-electron chi connectivity index (χ0n) is 21.3. The molecule has 1 N–H and O–H groups in total. The molecule has 1 amide bonds. The number of hydrogen-bond acceptors (Lipinski definition) is 6. The molecule has 1 fully saturated rings. The van der Waals surface area contributed by atoms with Gasteiger partial charge >= 0.3 is 0 Å². The summed E-state index contributed by atoms with van der Waals surface area (Å²) in [4.78, 5) is 30.9. The standard InChI is InChI=1S/C30H30N4O4/c1-37-26-18-10-13-22(28(26)38-20-27(35)32-23-14-6-3-7-15-23)19-31-34-29(21-11-4-2-5-12-21)33-25-17-9-8-16-24(25)30(34)36/h3,6-10,13-19,21H,2,4-5,11-12,20H2,1H3,(H,32,35). The van der Waals surface area contributed by atoms with E-state index in [1.54, 1.807) is 42.6 Å². The second-order valence-corrected chi connectivity index (χ2v) is 9.27. The molecular weight excluding hydrogens is 480 g/mol. The van der Waals surface area contributed by atoms with E-state index in [1.807, 2.05) is 36.4 Å². The Hall–Kier alpha value is -4.46. The van der Waals surface area contributed by atoms with Crippen LogP contribution in [0.4, 0.5) is 5.69 Å². The molecule has 0 unspecified atom stereocenters. The second kappa shape index (κ2) is 11.7. The van der Waals surface area contributed by atoms with Crippen molar-refractivity contribution in [3.05, 3.63) is 94.5 Å². The molecule has 0 spiro atoms. The molecule has 0 aliphatic heterocycles. The SMILES string of the molecule is COc1cccc(C=Nn2c(C3CCCCC3)nc3ccccc3c2=O)c1OCC(=O)Nc1ccccc1. The summed E-state index contributed by atoms with van der Waals surface area (Å²) in [6.07, 6.45) is 6.93. The van der Waals surface area contributed by atoms with Gasteiger partial charge < -0.3 is 14.8 Å². The summed E-state index contributed by atoms with van der Waals surface area (Å²) < 4.78 is 12.8.